The Hall–Kier alpha value is -3.45. The molecule has 2 N–H and O–H groups in total. The van der Waals surface area contributed by atoms with Crippen molar-refractivity contribution in [3.05, 3.63) is 66.5 Å². The van der Waals surface area contributed by atoms with Crippen molar-refractivity contribution in [2.24, 2.45) is 0 Å². The summed E-state index contributed by atoms with van der Waals surface area (Å²) in [5.74, 6) is 2.42. The van der Waals surface area contributed by atoms with Gasteiger partial charge in [0.2, 0.25) is 0 Å². The number of benzene rings is 2. The summed E-state index contributed by atoms with van der Waals surface area (Å²) < 4.78 is 5.24. The normalized spacial score (nSPS) is 15.3. The summed E-state index contributed by atoms with van der Waals surface area (Å²) in [5, 5.41) is 3.62. The number of fused-ring (bicyclic) bond motifs is 1. The van der Waals surface area contributed by atoms with Gasteiger partial charge in [-0.25, -0.2) is 15.0 Å². The van der Waals surface area contributed by atoms with E-state index in [0.717, 1.165) is 60.9 Å². The molecule has 1 saturated heterocycles. The molecule has 0 saturated carbocycles. The van der Waals surface area contributed by atoms with Crippen LogP contribution in [0.25, 0.3) is 22.6 Å². The van der Waals surface area contributed by atoms with Crippen LogP contribution in [0.3, 0.4) is 0 Å². The lowest BCUT2D eigenvalue weighted by Crippen LogP contribution is -2.38. The van der Waals surface area contributed by atoms with Gasteiger partial charge in [0.25, 0.3) is 0 Å². The molecule has 0 unspecified atom stereocenters. The molecule has 1 aliphatic heterocycles. The van der Waals surface area contributed by atoms with Crippen LogP contribution in [-0.4, -0.2) is 51.1 Å². The Bertz CT molecular complexity index is 1130. The Morgan fingerprint density at radius 3 is 2.55 bits per heavy atom. The highest BCUT2D eigenvalue weighted by molar-refractivity contribution is 5.85. The average molecular weight is 415 g/mol. The molecule has 4 aromatic rings. The van der Waals surface area contributed by atoms with E-state index < -0.39 is 0 Å². The van der Waals surface area contributed by atoms with Crippen LogP contribution in [0.2, 0.25) is 0 Å². The van der Waals surface area contributed by atoms with Gasteiger partial charge < -0.3 is 15.0 Å². The van der Waals surface area contributed by atoms with Gasteiger partial charge in [-0.2, -0.15) is 0 Å². The second-order valence-corrected chi connectivity index (χ2v) is 7.92. The number of piperidine rings is 1. The fourth-order valence-corrected chi connectivity index (χ4v) is 4.09. The number of anilines is 1. The summed E-state index contributed by atoms with van der Waals surface area (Å²) in [5.41, 5.74) is 3.87. The zero-order valence-electron chi connectivity index (χ0n) is 17.6. The van der Waals surface area contributed by atoms with Gasteiger partial charge in [0, 0.05) is 31.2 Å². The lowest BCUT2D eigenvalue weighted by Gasteiger charge is -2.32. The molecule has 5 rings (SSSR count). The van der Waals surface area contributed by atoms with Crippen molar-refractivity contribution in [1.29, 1.82) is 0 Å². The molecule has 158 valence electrons. The molecule has 0 radical (unpaired) electrons. The molecule has 0 aliphatic carbocycles. The van der Waals surface area contributed by atoms with Crippen molar-refractivity contribution >= 4 is 17.0 Å². The predicted octanol–water partition coefficient (Wildman–Crippen LogP) is 4.11. The van der Waals surface area contributed by atoms with Crippen molar-refractivity contribution in [3.63, 3.8) is 0 Å². The smallest absolute Gasteiger partial charge is 0.183 e. The van der Waals surface area contributed by atoms with E-state index >= 15 is 0 Å². The Balaban J connectivity index is 1.27. The minimum atomic E-state index is 0.387. The van der Waals surface area contributed by atoms with Gasteiger partial charge in [-0.3, -0.25) is 4.90 Å². The number of ether oxygens (including phenoxy) is 1. The zero-order valence-corrected chi connectivity index (χ0v) is 17.6. The first kappa shape index (κ1) is 19.5. The van der Waals surface area contributed by atoms with Gasteiger partial charge in [0.05, 0.1) is 7.11 Å². The molecular weight excluding hydrogens is 388 g/mol. The third-order valence-corrected chi connectivity index (χ3v) is 5.83. The SMILES string of the molecule is COc1ccc(-c2nc3ncnc(NC4CCN(Cc5ccccc5)CC4)c3[nH]2)cc1. The van der Waals surface area contributed by atoms with E-state index in [4.69, 9.17) is 4.74 Å². The summed E-state index contributed by atoms with van der Waals surface area (Å²) in [6.07, 6.45) is 3.74. The highest BCUT2D eigenvalue weighted by Gasteiger charge is 2.21. The molecule has 0 atom stereocenters. The van der Waals surface area contributed by atoms with Gasteiger partial charge in [-0.15, -0.1) is 0 Å². The number of likely N-dealkylation sites (tertiary alicyclic amines) is 1. The maximum absolute atomic E-state index is 5.24. The van der Waals surface area contributed by atoms with E-state index in [1.807, 2.05) is 24.3 Å². The number of methoxy groups -OCH3 is 1. The number of hydrogen-bond donors (Lipinski definition) is 2. The lowest BCUT2D eigenvalue weighted by molar-refractivity contribution is 0.211. The standard InChI is InChI=1S/C24H26N6O/c1-31-20-9-7-18(8-10-20)22-28-21-23(25-16-26-24(21)29-22)27-19-11-13-30(14-12-19)15-17-5-3-2-4-6-17/h2-10,16,19H,11-15H2,1H3,(H2,25,26,27,28,29). The molecular formula is C24H26N6O. The Labute approximate surface area is 181 Å². The van der Waals surface area contributed by atoms with Gasteiger partial charge in [-0.05, 0) is 42.7 Å². The van der Waals surface area contributed by atoms with Crippen LogP contribution >= 0.6 is 0 Å². The molecule has 31 heavy (non-hydrogen) atoms. The second-order valence-electron chi connectivity index (χ2n) is 7.92. The fraction of sp³-hybridized carbons (Fsp3) is 0.292. The number of nitrogens with one attached hydrogen (secondary N) is 2. The predicted molar refractivity (Wildman–Crippen MR) is 122 cm³/mol. The first-order chi connectivity index (χ1) is 15.3. The van der Waals surface area contributed by atoms with Gasteiger partial charge in [0.15, 0.2) is 11.5 Å². The summed E-state index contributed by atoms with van der Waals surface area (Å²) in [7, 11) is 1.66. The van der Waals surface area contributed by atoms with Crippen molar-refractivity contribution < 1.29 is 4.74 Å². The van der Waals surface area contributed by atoms with Gasteiger partial charge in [-0.1, -0.05) is 30.3 Å². The van der Waals surface area contributed by atoms with Gasteiger partial charge in [0.1, 0.15) is 23.4 Å². The van der Waals surface area contributed by atoms with E-state index in [1.54, 1.807) is 13.4 Å². The monoisotopic (exact) mass is 414 g/mol. The van der Waals surface area contributed by atoms with E-state index in [2.05, 4.69) is 60.5 Å². The van der Waals surface area contributed by atoms with Crippen LogP contribution in [0.5, 0.6) is 5.75 Å². The zero-order chi connectivity index (χ0) is 21.0. The second kappa shape index (κ2) is 8.73. The third-order valence-electron chi connectivity index (χ3n) is 5.83. The van der Waals surface area contributed by atoms with E-state index in [1.165, 1.54) is 5.56 Å². The molecule has 1 aliphatic rings. The van der Waals surface area contributed by atoms with Crippen molar-refractivity contribution in [2.75, 3.05) is 25.5 Å². The molecule has 0 amide bonds. The highest BCUT2D eigenvalue weighted by atomic mass is 16.5. The van der Waals surface area contributed by atoms with Crippen molar-refractivity contribution in [3.8, 4) is 17.1 Å². The van der Waals surface area contributed by atoms with Crippen LogP contribution in [0.15, 0.2) is 60.9 Å². The topological polar surface area (TPSA) is 79.0 Å². The number of nitrogens with zero attached hydrogens (tertiary/aromatic N) is 4. The third kappa shape index (κ3) is 4.36. The molecule has 0 spiro atoms. The van der Waals surface area contributed by atoms with Crippen LogP contribution in [0.1, 0.15) is 18.4 Å². The first-order valence-corrected chi connectivity index (χ1v) is 10.7. The molecule has 2 aromatic carbocycles. The lowest BCUT2D eigenvalue weighted by atomic mass is 10.0. The van der Waals surface area contributed by atoms with E-state index in [0.29, 0.717) is 11.7 Å². The summed E-state index contributed by atoms with van der Waals surface area (Å²) in [6, 6.07) is 18.9. The molecule has 7 nitrogen and oxygen atoms in total. The molecule has 0 bridgehead atoms. The van der Waals surface area contributed by atoms with Crippen molar-refractivity contribution in [1.82, 2.24) is 24.8 Å². The highest BCUT2D eigenvalue weighted by Crippen LogP contribution is 2.26. The average Bonchev–Trinajstić information content (AvgIpc) is 3.27. The Morgan fingerprint density at radius 1 is 1.03 bits per heavy atom. The van der Waals surface area contributed by atoms with Crippen LogP contribution in [0.4, 0.5) is 5.82 Å². The van der Waals surface area contributed by atoms with Crippen molar-refractivity contribution in [2.45, 2.75) is 25.4 Å². The summed E-state index contributed by atoms with van der Waals surface area (Å²) in [6.45, 7) is 3.15. The molecule has 3 heterocycles. The van der Waals surface area contributed by atoms with E-state index in [-0.39, 0.29) is 0 Å². The van der Waals surface area contributed by atoms with Gasteiger partial charge >= 0.3 is 0 Å². The number of aromatic nitrogens is 4. The van der Waals surface area contributed by atoms with E-state index in [9.17, 15) is 0 Å². The molecule has 1 fully saturated rings. The minimum Gasteiger partial charge on any atom is -0.497 e. The minimum absolute atomic E-state index is 0.387. The quantitative estimate of drug-likeness (QED) is 0.494. The summed E-state index contributed by atoms with van der Waals surface area (Å²) >= 11 is 0. The number of imidazole rings is 1. The van der Waals surface area contributed by atoms with Crippen LogP contribution in [0, 0.1) is 0 Å². The number of aromatic amines is 1. The number of hydrogen-bond acceptors (Lipinski definition) is 6. The maximum atomic E-state index is 5.24. The Kier molecular flexibility index (Phi) is 5.50. The largest absolute Gasteiger partial charge is 0.497 e. The first-order valence-electron chi connectivity index (χ1n) is 10.7. The Morgan fingerprint density at radius 2 is 1.81 bits per heavy atom. The maximum Gasteiger partial charge on any atom is 0.183 e. The molecule has 2 aromatic heterocycles. The van der Waals surface area contributed by atoms with Crippen LogP contribution in [-0.2, 0) is 6.54 Å². The summed E-state index contributed by atoms with van der Waals surface area (Å²) in [4.78, 5) is 19.4. The van der Waals surface area contributed by atoms with Crippen LogP contribution < -0.4 is 10.1 Å². The number of H-pyrrole nitrogens is 1. The number of rotatable bonds is 6. The fourth-order valence-electron chi connectivity index (χ4n) is 4.09. The molecule has 7 heteroatoms.